The van der Waals surface area contributed by atoms with E-state index in [2.05, 4.69) is 36.3 Å². The first kappa shape index (κ1) is 22.1. The summed E-state index contributed by atoms with van der Waals surface area (Å²) in [5, 5.41) is 4.17. The van der Waals surface area contributed by atoms with E-state index in [1.807, 2.05) is 12.1 Å². The molecule has 4 nitrogen and oxygen atoms in total. The number of aryl methyl sites for hydroxylation is 1. The van der Waals surface area contributed by atoms with Crippen LogP contribution in [0.15, 0.2) is 29.3 Å². The molecule has 0 bridgehead atoms. The molecule has 0 radical (unpaired) electrons. The molecule has 1 aliphatic heterocycles. The molecular formula is C21H32ClN3OS. The highest BCUT2D eigenvalue weighted by molar-refractivity contribution is 8.14. The number of carbonyl (C=O) groups is 1. The number of halogens is 1. The molecule has 1 saturated carbocycles. The standard InChI is InChI=1S/C21H31N3OS.ClH/c1-3-4-7-16-10-12-18(13-11-16)22-20(25)14-19-15-26-21(24(19)2)23-17-8-5-6-9-17;/h10-13,17,19H,3-9,14-15H2,1-2H3,(H,22,25);1H. The second kappa shape index (κ2) is 11.0. The van der Waals surface area contributed by atoms with E-state index in [0.29, 0.717) is 12.5 Å². The van der Waals surface area contributed by atoms with E-state index in [1.54, 1.807) is 11.8 Å². The summed E-state index contributed by atoms with van der Waals surface area (Å²) in [7, 11) is 2.08. The minimum Gasteiger partial charge on any atom is -0.350 e. The Morgan fingerprint density at radius 3 is 2.63 bits per heavy atom. The van der Waals surface area contributed by atoms with E-state index < -0.39 is 0 Å². The number of rotatable bonds is 7. The van der Waals surface area contributed by atoms with Gasteiger partial charge in [-0.15, -0.1) is 12.4 Å². The fourth-order valence-corrected chi connectivity index (χ4v) is 4.88. The number of unbranched alkanes of at least 4 members (excludes halogenated alkanes) is 1. The molecule has 1 unspecified atom stereocenters. The number of aliphatic imine (C=N–C) groups is 1. The lowest BCUT2D eigenvalue weighted by Crippen LogP contribution is -2.34. The number of amidine groups is 1. The van der Waals surface area contributed by atoms with Gasteiger partial charge in [-0.05, 0) is 43.4 Å². The lowest BCUT2D eigenvalue weighted by Gasteiger charge is -2.21. The lowest BCUT2D eigenvalue weighted by molar-refractivity contribution is -0.116. The maximum Gasteiger partial charge on any atom is 0.226 e. The smallest absolute Gasteiger partial charge is 0.226 e. The summed E-state index contributed by atoms with van der Waals surface area (Å²) >= 11 is 1.80. The largest absolute Gasteiger partial charge is 0.350 e. The van der Waals surface area contributed by atoms with Crippen molar-refractivity contribution in [2.45, 2.75) is 70.4 Å². The van der Waals surface area contributed by atoms with Crippen LogP contribution in [0.1, 0.15) is 57.4 Å². The lowest BCUT2D eigenvalue weighted by atomic mass is 10.1. The third-order valence-electron chi connectivity index (χ3n) is 5.35. The van der Waals surface area contributed by atoms with Crippen LogP contribution in [0.3, 0.4) is 0 Å². The predicted octanol–water partition coefficient (Wildman–Crippen LogP) is 5.13. The molecule has 1 aliphatic carbocycles. The first-order valence-electron chi connectivity index (χ1n) is 9.98. The fourth-order valence-electron chi connectivity index (χ4n) is 3.62. The first-order valence-corrected chi connectivity index (χ1v) is 11.0. The Balaban J connectivity index is 0.00000261. The SMILES string of the molecule is CCCCc1ccc(NC(=O)CC2CSC(=NC3CCCC3)N2C)cc1.Cl. The van der Waals surface area contributed by atoms with Crippen LogP contribution in [0, 0.1) is 0 Å². The Labute approximate surface area is 174 Å². The van der Waals surface area contributed by atoms with Gasteiger partial charge in [0.05, 0.1) is 6.04 Å². The van der Waals surface area contributed by atoms with Gasteiger partial charge in [-0.3, -0.25) is 9.79 Å². The number of amides is 1. The van der Waals surface area contributed by atoms with Crippen molar-refractivity contribution in [3.8, 4) is 0 Å². The van der Waals surface area contributed by atoms with Crippen molar-refractivity contribution in [1.29, 1.82) is 0 Å². The van der Waals surface area contributed by atoms with Crippen LogP contribution in [-0.2, 0) is 11.2 Å². The molecule has 150 valence electrons. The van der Waals surface area contributed by atoms with E-state index in [4.69, 9.17) is 4.99 Å². The van der Waals surface area contributed by atoms with Gasteiger partial charge in [0.2, 0.25) is 5.91 Å². The molecule has 1 aromatic rings. The van der Waals surface area contributed by atoms with E-state index >= 15 is 0 Å². The van der Waals surface area contributed by atoms with Crippen LogP contribution in [0.5, 0.6) is 0 Å². The topological polar surface area (TPSA) is 44.7 Å². The predicted molar refractivity (Wildman–Crippen MR) is 119 cm³/mol. The molecule has 6 heteroatoms. The number of nitrogens with one attached hydrogen (secondary N) is 1. The molecule has 1 saturated heterocycles. The van der Waals surface area contributed by atoms with Crippen molar-refractivity contribution in [3.05, 3.63) is 29.8 Å². The molecule has 0 spiro atoms. The highest BCUT2D eigenvalue weighted by Crippen LogP contribution is 2.28. The molecule has 0 aromatic heterocycles. The van der Waals surface area contributed by atoms with Crippen molar-refractivity contribution in [2.75, 3.05) is 18.1 Å². The van der Waals surface area contributed by atoms with Gasteiger partial charge in [0, 0.05) is 31.0 Å². The zero-order valence-corrected chi connectivity index (χ0v) is 18.1. The van der Waals surface area contributed by atoms with E-state index in [9.17, 15) is 4.79 Å². The Morgan fingerprint density at radius 1 is 1.26 bits per heavy atom. The molecule has 1 heterocycles. The molecule has 2 fully saturated rings. The third kappa shape index (κ3) is 6.42. The van der Waals surface area contributed by atoms with Crippen molar-refractivity contribution < 1.29 is 4.79 Å². The average Bonchev–Trinajstić information content (AvgIpc) is 3.27. The molecule has 27 heavy (non-hydrogen) atoms. The zero-order chi connectivity index (χ0) is 18.4. The third-order valence-corrected chi connectivity index (χ3v) is 6.55. The summed E-state index contributed by atoms with van der Waals surface area (Å²) in [6.45, 7) is 2.21. The number of anilines is 1. The zero-order valence-electron chi connectivity index (χ0n) is 16.4. The number of hydrogen-bond acceptors (Lipinski definition) is 3. The quantitative estimate of drug-likeness (QED) is 0.679. The van der Waals surface area contributed by atoms with Gasteiger partial charge in [0.25, 0.3) is 0 Å². The fraction of sp³-hybridized carbons (Fsp3) is 0.619. The van der Waals surface area contributed by atoms with E-state index in [-0.39, 0.29) is 24.4 Å². The number of benzene rings is 1. The summed E-state index contributed by atoms with van der Waals surface area (Å²) in [6, 6.07) is 9.01. The second-order valence-electron chi connectivity index (χ2n) is 7.48. The summed E-state index contributed by atoms with van der Waals surface area (Å²) in [6.07, 6.45) is 9.09. The van der Waals surface area contributed by atoms with Gasteiger partial charge in [-0.25, -0.2) is 0 Å². The van der Waals surface area contributed by atoms with E-state index in [1.165, 1.54) is 44.1 Å². The first-order chi connectivity index (χ1) is 12.7. The van der Waals surface area contributed by atoms with Crippen LogP contribution in [0.4, 0.5) is 5.69 Å². The second-order valence-corrected chi connectivity index (χ2v) is 8.47. The van der Waals surface area contributed by atoms with Crippen LogP contribution in [-0.4, -0.2) is 40.9 Å². The Hall–Kier alpha value is -1.20. The highest BCUT2D eigenvalue weighted by atomic mass is 35.5. The van der Waals surface area contributed by atoms with Gasteiger partial charge in [0.15, 0.2) is 5.17 Å². The molecule has 1 aromatic carbocycles. The van der Waals surface area contributed by atoms with Gasteiger partial charge < -0.3 is 10.2 Å². The molecular weight excluding hydrogens is 378 g/mol. The summed E-state index contributed by atoms with van der Waals surface area (Å²) in [5.74, 6) is 1.04. The van der Waals surface area contributed by atoms with Crippen LogP contribution in [0.25, 0.3) is 0 Å². The number of hydrogen-bond donors (Lipinski definition) is 1. The molecule has 1 atom stereocenters. The van der Waals surface area contributed by atoms with Gasteiger partial charge in [-0.2, -0.15) is 0 Å². The summed E-state index contributed by atoms with van der Waals surface area (Å²) in [4.78, 5) is 19.5. The Morgan fingerprint density at radius 2 is 1.96 bits per heavy atom. The van der Waals surface area contributed by atoms with E-state index in [0.717, 1.165) is 23.0 Å². The maximum absolute atomic E-state index is 12.4. The van der Waals surface area contributed by atoms with Crippen molar-refractivity contribution in [3.63, 3.8) is 0 Å². The highest BCUT2D eigenvalue weighted by Gasteiger charge is 2.30. The van der Waals surface area contributed by atoms with Gasteiger partial charge >= 0.3 is 0 Å². The van der Waals surface area contributed by atoms with Gasteiger partial charge in [0.1, 0.15) is 0 Å². The number of nitrogens with zero attached hydrogens (tertiary/aromatic N) is 2. The Bertz CT molecular complexity index is 629. The van der Waals surface area contributed by atoms with Crippen LogP contribution >= 0.6 is 24.2 Å². The molecule has 1 N–H and O–H groups in total. The molecule has 1 amide bonds. The maximum atomic E-state index is 12.4. The minimum absolute atomic E-state index is 0. The van der Waals surface area contributed by atoms with Gasteiger partial charge in [-0.1, -0.05) is 50.1 Å². The molecule has 3 rings (SSSR count). The summed E-state index contributed by atoms with van der Waals surface area (Å²) < 4.78 is 0. The van der Waals surface area contributed by atoms with Crippen molar-refractivity contribution >= 4 is 40.9 Å². The summed E-state index contributed by atoms with van der Waals surface area (Å²) in [5.41, 5.74) is 2.23. The number of carbonyl (C=O) groups excluding carboxylic acids is 1. The van der Waals surface area contributed by atoms with Crippen LogP contribution < -0.4 is 5.32 Å². The minimum atomic E-state index is 0. The number of thioether (sulfide) groups is 1. The monoisotopic (exact) mass is 409 g/mol. The Kier molecular flexibility index (Phi) is 8.97. The van der Waals surface area contributed by atoms with Crippen molar-refractivity contribution in [2.24, 2.45) is 4.99 Å². The normalized spacial score (nSPS) is 21.5. The molecule has 2 aliphatic rings. The van der Waals surface area contributed by atoms with Crippen LogP contribution in [0.2, 0.25) is 0 Å². The average molecular weight is 410 g/mol. The van der Waals surface area contributed by atoms with Crippen molar-refractivity contribution in [1.82, 2.24) is 4.90 Å².